The van der Waals surface area contributed by atoms with E-state index in [-0.39, 0.29) is 6.42 Å². The van der Waals surface area contributed by atoms with Gasteiger partial charge in [-0.2, -0.15) is 0 Å². The summed E-state index contributed by atoms with van der Waals surface area (Å²) in [5.41, 5.74) is 0.638. The fourth-order valence-electron chi connectivity index (χ4n) is 1.03. The first-order chi connectivity index (χ1) is 6.79. The average Bonchev–Trinajstić information content (AvgIpc) is 2.74. The van der Waals surface area contributed by atoms with Gasteiger partial charge in [-0.15, -0.1) is 11.3 Å². The second kappa shape index (κ2) is 3.94. The molecule has 14 heavy (non-hydrogen) atoms. The zero-order chi connectivity index (χ0) is 9.97. The Kier molecular flexibility index (Phi) is 2.65. The smallest absolute Gasteiger partial charge is 0.236 e. The minimum Gasteiger partial charge on any atom is -0.444 e. The molecule has 2 aromatic heterocycles. The number of oxazole rings is 1. The van der Waals surface area contributed by atoms with Crippen LogP contribution in [0.2, 0.25) is 4.34 Å². The number of carbonyl (C=O) groups is 1. The number of nitrogens with zero attached hydrogens (tertiary/aromatic N) is 1. The van der Waals surface area contributed by atoms with E-state index in [0.29, 0.717) is 15.9 Å². The van der Waals surface area contributed by atoms with E-state index in [1.54, 1.807) is 6.07 Å². The number of aldehydes is 1. The number of thiophene rings is 1. The Morgan fingerprint density at radius 3 is 3.07 bits per heavy atom. The highest BCUT2D eigenvalue weighted by Crippen LogP contribution is 2.30. The number of hydrogen-bond donors (Lipinski definition) is 0. The lowest BCUT2D eigenvalue weighted by Gasteiger charge is -1.84. The molecular weight excluding hydrogens is 222 g/mol. The number of rotatable bonds is 3. The third-order valence-corrected chi connectivity index (χ3v) is 2.85. The zero-order valence-electron chi connectivity index (χ0n) is 7.07. The Balaban J connectivity index is 2.28. The van der Waals surface area contributed by atoms with E-state index in [4.69, 9.17) is 16.0 Å². The number of halogens is 1. The molecule has 5 heteroatoms. The first kappa shape index (κ1) is 9.43. The van der Waals surface area contributed by atoms with Crippen molar-refractivity contribution in [1.29, 1.82) is 0 Å². The third-order valence-electron chi connectivity index (χ3n) is 1.63. The van der Waals surface area contributed by atoms with E-state index in [0.717, 1.165) is 11.2 Å². The highest BCUT2D eigenvalue weighted by molar-refractivity contribution is 7.19. The maximum Gasteiger partial charge on any atom is 0.236 e. The molecule has 0 atom stereocenters. The van der Waals surface area contributed by atoms with Crippen molar-refractivity contribution in [3.8, 4) is 10.8 Å². The van der Waals surface area contributed by atoms with Gasteiger partial charge >= 0.3 is 0 Å². The Bertz CT molecular complexity index is 449. The summed E-state index contributed by atoms with van der Waals surface area (Å²) < 4.78 is 5.89. The molecule has 2 aromatic rings. The summed E-state index contributed by atoms with van der Waals surface area (Å²) in [6.07, 6.45) is 2.56. The molecule has 0 unspecified atom stereocenters. The van der Waals surface area contributed by atoms with E-state index < -0.39 is 0 Å². The van der Waals surface area contributed by atoms with Crippen LogP contribution in [-0.2, 0) is 11.2 Å². The summed E-state index contributed by atoms with van der Waals surface area (Å²) in [5, 5.41) is 0. The predicted octanol–water partition coefficient (Wildman–Crippen LogP) is 2.80. The van der Waals surface area contributed by atoms with Crippen LogP contribution in [0.1, 0.15) is 5.69 Å². The third kappa shape index (κ3) is 1.86. The van der Waals surface area contributed by atoms with Gasteiger partial charge in [-0.25, -0.2) is 4.98 Å². The molecule has 0 spiro atoms. The van der Waals surface area contributed by atoms with Gasteiger partial charge < -0.3 is 9.21 Å². The lowest BCUT2D eigenvalue weighted by atomic mass is 10.4. The van der Waals surface area contributed by atoms with Crippen LogP contribution >= 0.6 is 22.9 Å². The molecular formula is C9H6ClNO2S. The summed E-state index contributed by atoms with van der Waals surface area (Å²) in [6, 6.07) is 3.62. The van der Waals surface area contributed by atoms with Crippen LogP contribution in [0.15, 0.2) is 22.8 Å². The summed E-state index contributed by atoms with van der Waals surface area (Å²) in [7, 11) is 0. The predicted molar refractivity (Wildman–Crippen MR) is 54.6 cm³/mol. The largest absolute Gasteiger partial charge is 0.444 e. The van der Waals surface area contributed by atoms with Crippen LogP contribution in [0.4, 0.5) is 0 Å². The highest BCUT2D eigenvalue weighted by Gasteiger charge is 2.08. The van der Waals surface area contributed by atoms with Gasteiger partial charge in [0.15, 0.2) is 0 Å². The van der Waals surface area contributed by atoms with Crippen molar-refractivity contribution in [3.05, 3.63) is 28.4 Å². The van der Waals surface area contributed by atoms with Crippen molar-refractivity contribution in [2.24, 2.45) is 0 Å². The molecule has 2 heterocycles. The van der Waals surface area contributed by atoms with Crippen LogP contribution in [0, 0.1) is 0 Å². The second-order valence-corrected chi connectivity index (χ2v) is 4.33. The Morgan fingerprint density at radius 1 is 1.57 bits per heavy atom. The SMILES string of the molecule is O=CCc1coc(-c2ccc(Cl)s2)n1. The molecule has 0 saturated heterocycles. The molecule has 72 valence electrons. The maximum atomic E-state index is 10.2. The maximum absolute atomic E-state index is 10.2. The van der Waals surface area contributed by atoms with Crippen molar-refractivity contribution in [3.63, 3.8) is 0 Å². The van der Waals surface area contributed by atoms with E-state index in [2.05, 4.69) is 4.98 Å². The number of hydrogen-bond acceptors (Lipinski definition) is 4. The van der Waals surface area contributed by atoms with E-state index >= 15 is 0 Å². The summed E-state index contributed by atoms with van der Waals surface area (Å²) >= 11 is 7.16. The monoisotopic (exact) mass is 227 g/mol. The molecule has 0 fully saturated rings. The lowest BCUT2D eigenvalue weighted by molar-refractivity contribution is -0.107. The number of aromatic nitrogens is 1. The van der Waals surface area contributed by atoms with Crippen LogP contribution in [-0.4, -0.2) is 11.3 Å². The Morgan fingerprint density at radius 2 is 2.43 bits per heavy atom. The van der Waals surface area contributed by atoms with Gasteiger partial charge in [0, 0.05) is 6.42 Å². The number of carbonyl (C=O) groups excluding carboxylic acids is 1. The normalized spacial score (nSPS) is 10.4. The van der Waals surface area contributed by atoms with Gasteiger partial charge in [0.25, 0.3) is 0 Å². The average molecular weight is 228 g/mol. The molecule has 0 bridgehead atoms. The first-order valence-corrected chi connectivity index (χ1v) is 5.13. The van der Waals surface area contributed by atoms with Gasteiger partial charge in [-0.3, -0.25) is 0 Å². The topological polar surface area (TPSA) is 43.1 Å². The van der Waals surface area contributed by atoms with Crippen molar-refractivity contribution >= 4 is 29.2 Å². The molecule has 0 aliphatic heterocycles. The van der Waals surface area contributed by atoms with Crippen molar-refractivity contribution in [2.75, 3.05) is 0 Å². The molecule has 3 nitrogen and oxygen atoms in total. The van der Waals surface area contributed by atoms with Gasteiger partial charge in [0.2, 0.25) is 5.89 Å². The lowest BCUT2D eigenvalue weighted by Crippen LogP contribution is -1.84. The molecule has 0 aliphatic carbocycles. The molecule has 0 saturated carbocycles. The molecule has 0 amide bonds. The van der Waals surface area contributed by atoms with Crippen LogP contribution in [0.3, 0.4) is 0 Å². The quantitative estimate of drug-likeness (QED) is 0.758. The molecule has 0 radical (unpaired) electrons. The van der Waals surface area contributed by atoms with Gasteiger partial charge in [-0.1, -0.05) is 11.6 Å². The van der Waals surface area contributed by atoms with Crippen molar-refractivity contribution < 1.29 is 9.21 Å². The summed E-state index contributed by atoms with van der Waals surface area (Å²) in [5.74, 6) is 0.513. The van der Waals surface area contributed by atoms with Crippen LogP contribution in [0.5, 0.6) is 0 Å². The highest BCUT2D eigenvalue weighted by atomic mass is 35.5. The molecule has 0 aliphatic rings. The van der Waals surface area contributed by atoms with Crippen LogP contribution < -0.4 is 0 Å². The molecule has 0 aromatic carbocycles. The zero-order valence-corrected chi connectivity index (χ0v) is 8.64. The Hall–Kier alpha value is -1.13. The minimum absolute atomic E-state index is 0.280. The van der Waals surface area contributed by atoms with Gasteiger partial charge in [0.1, 0.15) is 12.5 Å². The van der Waals surface area contributed by atoms with E-state index in [1.165, 1.54) is 17.6 Å². The van der Waals surface area contributed by atoms with Crippen molar-refractivity contribution in [1.82, 2.24) is 4.98 Å². The van der Waals surface area contributed by atoms with Crippen molar-refractivity contribution in [2.45, 2.75) is 6.42 Å². The molecule has 2 rings (SSSR count). The summed E-state index contributed by atoms with van der Waals surface area (Å²) in [4.78, 5) is 15.2. The fourth-order valence-corrected chi connectivity index (χ4v) is 2.00. The molecule has 0 N–H and O–H groups in total. The van der Waals surface area contributed by atoms with E-state index in [9.17, 15) is 4.79 Å². The van der Waals surface area contributed by atoms with E-state index in [1.807, 2.05) is 6.07 Å². The minimum atomic E-state index is 0.280. The standard InChI is InChI=1S/C9H6ClNO2S/c10-8-2-1-7(14-8)9-11-6(3-4-12)5-13-9/h1-2,4-5H,3H2. The van der Waals surface area contributed by atoms with Crippen LogP contribution in [0.25, 0.3) is 10.8 Å². The second-order valence-electron chi connectivity index (χ2n) is 2.62. The Labute approximate surface area is 89.3 Å². The van der Waals surface area contributed by atoms with Gasteiger partial charge in [0.05, 0.1) is 14.9 Å². The first-order valence-electron chi connectivity index (χ1n) is 3.93. The summed E-state index contributed by atoms with van der Waals surface area (Å²) in [6.45, 7) is 0. The fraction of sp³-hybridized carbons (Fsp3) is 0.111. The van der Waals surface area contributed by atoms with Gasteiger partial charge in [-0.05, 0) is 12.1 Å².